The molecule has 0 spiro atoms. The fourth-order valence-corrected chi connectivity index (χ4v) is 2.49. The number of hydrogen-bond acceptors (Lipinski definition) is 4. The highest BCUT2D eigenvalue weighted by atomic mass is 79.9. The lowest BCUT2D eigenvalue weighted by atomic mass is 10.1. The summed E-state index contributed by atoms with van der Waals surface area (Å²) < 4.78 is 5.93. The second-order valence-corrected chi connectivity index (χ2v) is 5.01. The molecule has 0 bridgehead atoms. The van der Waals surface area contributed by atoms with Gasteiger partial charge in [0.1, 0.15) is 5.76 Å². The zero-order chi connectivity index (χ0) is 14.0. The Bertz CT molecular complexity index is 693. The van der Waals surface area contributed by atoms with E-state index in [9.17, 15) is 14.9 Å². The standard InChI is InChI=1S/C13H12BrNO4/c1-2-3-4-11-12(14)9-6-5-8(15(17)18)7-10(9)13(16)19-11/h5-7H,2-4H2,1H3. The van der Waals surface area contributed by atoms with Crippen LogP contribution < -0.4 is 5.63 Å². The number of rotatable bonds is 4. The molecule has 0 amide bonds. The maximum Gasteiger partial charge on any atom is 0.344 e. The third kappa shape index (κ3) is 2.68. The van der Waals surface area contributed by atoms with Crippen molar-refractivity contribution < 1.29 is 9.34 Å². The van der Waals surface area contributed by atoms with Crippen molar-refractivity contribution in [3.8, 4) is 0 Å². The van der Waals surface area contributed by atoms with Crippen LogP contribution in [0.2, 0.25) is 0 Å². The minimum atomic E-state index is -0.534. The molecule has 0 fully saturated rings. The van der Waals surface area contributed by atoms with Crippen molar-refractivity contribution in [1.82, 2.24) is 0 Å². The number of non-ortho nitro benzene ring substituents is 1. The summed E-state index contributed by atoms with van der Waals surface area (Å²) in [6, 6.07) is 4.20. The molecule has 1 aromatic carbocycles. The minimum Gasteiger partial charge on any atom is -0.426 e. The fraction of sp³-hybridized carbons (Fsp3) is 0.308. The van der Waals surface area contributed by atoms with E-state index in [1.807, 2.05) is 0 Å². The topological polar surface area (TPSA) is 73.3 Å². The maximum absolute atomic E-state index is 11.9. The predicted octanol–water partition coefficient (Wildman–Crippen LogP) is 3.81. The second kappa shape index (κ2) is 5.52. The molecule has 1 aromatic heterocycles. The van der Waals surface area contributed by atoms with Crippen LogP contribution in [0.25, 0.3) is 10.8 Å². The van der Waals surface area contributed by atoms with Gasteiger partial charge >= 0.3 is 5.63 Å². The van der Waals surface area contributed by atoms with Crippen LogP contribution in [0.3, 0.4) is 0 Å². The Balaban J connectivity index is 2.63. The van der Waals surface area contributed by atoms with Crippen molar-refractivity contribution in [2.24, 2.45) is 0 Å². The van der Waals surface area contributed by atoms with E-state index in [1.165, 1.54) is 12.1 Å². The summed E-state index contributed by atoms with van der Waals surface area (Å²) in [7, 11) is 0. The van der Waals surface area contributed by atoms with Crippen LogP contribution in [0.1, 0.15) is 25.5 Å². The molecule has 0 atom stereocenters. The normalized spacial score (nSPS) is 10.8. The summed E-state index contributed by atoms with van der Waals surface area (Å²) in [6.45, 7) is 2.05. The molecule has 1 heterocycles. The van der Waals surface area contributed by atoms with E-state index in [1.54, 1.807) is 6.07 Å². The van der Waals surface area contributed by atoms with E-state index in [2.05, 4.69) is 22.9 Å². The lowest BCUT2D eigenvalue weighted by molar-refractivity contribution is -0.384. The molecule has 2 rings (SSSR count). The summed E-state index contributed by atoms with van der Waals surface area (Å²) >= 11 is 3.41. The third-order valence-corrected chi connectivity index (χ3v) is 3.76. The Morgan fingerprint density at radius 2 is 2.11 bits per heavy atom. The van der Waals surface area contributed by atoms with Crippen molar-refractivity contribution >= 4 is 32.4 Å². The van der Waals surface area contributed by atoms with Gasteiger partial charge in [-0.05, 0) is 28.4 Å². The van der Waals surface area contributed by atoms with E-state index < -0.39 is 10.5 Å². The zero-order valence-electron chi connectivity index (χ0n) is 10.3. The lowest BCUT2D eigenvalue weighted by Crippen LogP contribution is -2.04. The minimum absolute atomic E-state index is 0.118. The smallest absolute Gasteiger partial charge is 0.344 e. The number of unbranched alkanes of at least 4 members (excludes halogenated alkanes) is 1. The highest BCUT2D eigenvalue weighted by Gasteiger charge is 2.15. The Labute approximate surface area is 117 Å². The van der Waals surface area contributed by atoms with Gasteiger partial charge in [0.25, 0.3) is 5.69 Å². The highest BCUT2D eigenvalue weighted by molar-refractivity contribution is 9.10. The number of hydrogen-bond donors (Lipinski definition) is 0. The van der Waals surface area contributed by atoms with Crippen molar-refractivity contribution in [2.45, 2.75) is 26.2 Å². The first-order valence-electron chi connectivity index (χ1n) is 5.94. The molecule has 5 nitrogen and oxygen atoms in total. The summed E-state index contributed by atoms with van der Waals surface area (Å²) in [5.41, 5.74) is -0.652. The first-order valence-corrected chi connectivity index (χ1v) is 6.73. The van der Waals surface area contributed by atoms with Gasteiger partial charge in [0.15, 0.2) is 0 Å². The van der Waals surface area contributed by atoms with Crippen molar-refractivity contribution in [2.75, 3.05) is 0 Å². The van der Waals surface area contributed by atoms with Gasteiger partial charge in [-0.25, -0.2) is 4.79 Å². The van der Waals surface area contributed by atoms with Gasteiger partial charge in [0.2, 0.25) is 0 Å². The van der Waals surface area contributed by atoms with Crippen molar-refractivity contribution in [3.05, 3.63) is 49.0 Å². The van der Waals surface area contributed by atoms with Crippen molar-refractivity contribution in [1.29, 1.82) is 0 Å². The number of benzene rings is 1. The quantitative estimate of drug-likeness (QED) is 0.632. The number of nitro groups is 1. The lowest BCUT2D eigenvalue weighted by Gasteiger charge is -2.05. The SMILES string of the molecule is CCCCc1oc(=O)c2cc([N+](=O)[O-])ccc2c1Br. The van der Waals surface area contributed by atoms with Gasteiger partial charge < -0.3 is 4.42 Å². The summed E-state index contributed by atoms with van der Waals surface area (Å²) in [6.07, 6.45) is 2.58. The molecule has 0 radical (unpaired) electrons. The average Bonchev–Trinajstić information content (AvgIpc) is 2.40. The Morgan fingerprint density at radius 3 is 2.74 bits per heavy atom. The van der Waals surface area contributed by atoms with Gasteiger partial charge in [0.05, 0.1) is 14.8 Å². The van der Waals surface area contributed by atoms with Crippen LogP contribution in [0.5, 0.6) is 0 Å². The molecule has 0 aliphatic rings. The van der Waals surface area contributed by atoms with E-state index in [0.29, 0.717) is 22.0 Å². The maximum atomic E-state index is 11.9. The highest BCUT2D eigenvalue weighted by Crippen LogP contribution is 2.28. The number of fused-ring (bicyclic) bond motifs is 1. The van der Waals surface area contributed by atoms with Crippen LogP contribution in [-0.2, 0) is 6.42 Å². The van der Waals surface area contributed by atoms with Gasteiger partial charge in [0, 0.05) is 23.9 Å². The molecule has 19 heavy (non-hydrogen) atoms. The molecule has 0 N–H and O–H groups in total. The molecule has 0 saturated carbocycles. The molecule has 0 saturated heterocycles. The molecular weight excluding hydrogens is 314 g/mol. The van der Waals surface area contributed by atoms with E-state index in [0.717, 1.165) is 12.8 Å². The molecular formula is C13H12BrNO4. The summed E-state index contributed by atoms with van der Waals surface area (Å²) in [5.74, 6) is 0.591. The second-order valence-electron chi connectivity index (χ2n) is 4.22. The molecule has 6 heteroatoms. The first kappa shape index (κ1) is 13.7. The van der Waals surface area contributed by atoms with Crippen LogP contribution in [0.4, 0.5) is 5.69 Å². The monoisotopic (exact) mass is 325 g/mol. The average molecular weight is 326 g/mol. The molecule has 100 valence electrons. The Hall–Kier alpha value is -1.69. The zero-order valence-corrected chi connectivity index (χ0v) is 11.9. The largest absolute Gasteiger partial charge is 0.426 e. The van der Waals surface area contributed by atoms with E-state index >= 15 is 0 Å². The van der Waals surface area contributed by atoms with Gasteiger partial charge in [-0.2, -0.15) is 0 Å². The molecule has 0 aliphatic carbocycles. The van der Waals surface area contributed by atoms with E-state index in [4.69, 9.17) is 4.42 Å². The van der Waals surface area contributed by atoms with Gasteiger partial charge in [-0.1, -0.05) is 13.3 Å². The van der Waals surface area contributed by atoms with Crippen LogP contribution in [-0.4, -0.2) is 4.92 Å². The number of halogens is 1. The molecule has 0 unspecified atom stereocenters. The first-order chi connectivity index (χ1) is 9.04. The number of nitrogens with zero attached hydrogens (tertiary/aromatic N) is 1. The summed E-state index contributed by atoms with van der Waals surface area (Å²) in [5, 5.41) is 11.6. The van der Waals surface area contributed by atoms with Gasteiger partial charge in [-0.3, -0.25) is 10.1 Å². The molecule has 2 aromatic rings. The predicted molar refractivity (Wildman–Crippen MR) is 75.5 cm³/mol. The van der Waals surface area contributed by atoms with Crippen LogP contribution >= 0.6 is 15.9 Å². The molecule has 0 aliphatic heterocycles. The van der Waals surface area contributed by atoms with Crippen LogP contribution in [0, 0.1) is 10.1 Å². The summed E-state index contributed by atoms with van der Waals surface area (Å²) in [4.78, 5) is 22.1. The Morgan fingerprint density at radius 1 is 1.37 bits per heavy atom. The number of nitro benzene ring substituents is 1. The fourth-order valence-electron chi connectivity index (χ4n) is 1.87. The van der Waals surface area contributed by atoms with E-state index in [-0.39, 0.29) is 11.1 Å². The van der Waals surface area contributed by atoms with Gasteiger partial charge in [-0.15, -0.1) is 0 Å². The Kier molecular flexibility index (Phi) is 3.99. The third-order valence-electron chi connectivity index (χ3n) is 2.89. The number of aryl methyl sites for hydroxylation is 1. The van der Waals surface area contributed by atoms with Crippen molar-refractivity contribution in [3.63, 3.8) is 0 Å². The van der Waals surface area contributed by atoms with Crippen LogP contribution in [0.15, 0.2) is 31.9 Å².